The summed E-state index contributed by atoms with van der Waals surface area (Å²) in [6.45, 7) is 6.70. The van der Waals surface area contributed by atoms with Crippen LogP contribution in [0.4, 0.5) is 13.2 Å². The third-order valence-electron chi connectivity index (χ3n) is 3.79. The van der Waals surface area contributed by atoms with Crippen LogP contribution in [0.15, 0.2) is 12.2 Å². The lowest BCUT2D eigenvalue weighted by Gasteiger charge is -2.25. The lowest BCUT2D eigenvalue weighted by atomic mass is 9.89. The van der Waals surface area contributed by atoms with E-state index < -0.39 is 17.7 Å². The van der Waals surface area contributed by atoms with Crippen molar-refractivity contribution in [2.75, 3.05) is 0 Å². The molecule has 2 saturated carbocycles. The van der Waals surface area contributed by atoms with Crippen LogP contribution in [0, 0.1) is 24.7 Å². The minimum absolute atomic E-state index is 0.174. The lowest BCUT2D eigenvalue weighted by Crippen LogP contribution is -2.30. The van der Waals surface area contributed by atoms with Gasteiger partial charge in [-0.05, 0) is 43.9 Å². The molecule has 17 heavy (non-hydrogen) atoms. The Morgan fingerprint density at radius 3 is 2.24 bits per heavy atom. The highest BCUT2D eigenvalue weighted by Gasteiger charge is 2.47. The molecule has 2 rings (SSSR count). The number of carbonyl (C=O) groups excluding carboxylic acids is 1. The van der Waals surface area contributed by atoms with Gasteiger partial charge in [-0.1, -0.05) is 6.58 Å². The molecule has 2 bridgehead atoms. The highest BCUT2D eigenvalue weighted by molar-refractivity contribution is 5.89. The molecule has 95 valence electrons. The number of ether oxygens (including phenoxy) is 1. The number of alkyl halides is 3. The number of hydrogen-bond acceptors (Lipinski definition) is 2. The average molecular weight is 247 g/mol. The molecule has 5 heteroatoms. The monoisotopic (exact) mass is 247 g/mol. The van der Waals surface area contributed by atoms with E-state index in [0.717, 1.165) is 12.8 Å². The predicted octanol–water partition coefficient (Wildman–Crippen LogP) is 2.90. The Hall–Kier alpha value is -1.00. The van der Waals surface area contributed by atoms with Gasteiger partial charge >= 0.3 is 12.1 Å². The minimum atomic E-state index is -4.70. The molecule has 0 saturated heterocycles. The fourth-order valence-electron chi connectivity index (χ4n) is 2.81. The van der Waals surface area contributed by atoms with Gasteiger partial charge in [0.1, 0.15) is 11.7 Å². The van der Waals surface area contributed by atoms with E-state index in [1.54, 1.807) is 0 Å². The summed E-state index contributed by atoms with van der Waals surface area (Å²) in [5.74, 6) is -0.430. The summed E-state index contributed by atoms with van der Waals surface area (Å²) in [6, 6.07) is 0. The predicted molar refractivity (Wildman–Crippen MR) is 54.8 cm³/mol. The van der Waals surface area contributed by atoms with Gasteiger partial charge in [0.2, 0.25) is 0 Å². The van der Waals surface area contributed by atoms with Crippen molar-refractivity contribution in [2.24, 2.45) is 17.8 Å². The van der Waals surface area contributed by atoms with Gasteiger partial charge in [0, 0.05) is 0 Å². The number of esters is 1. The first-order chi connectivity index (χ1) is 7.79. The fraction of sp³-hybridized carbons (Fsp3) is 0.667. The number of rotatable bonds is 2. The van der Waals surface area contributed by atoms with E-state index in [1.165, 1.54) is 0 Å². The Morgan fingerprint density at radius 1 is 1.18 bits per heavy atom. The molecule has 0 aromatic rings. The third kappa shape index (κ3) is 2.33. The third-order valence-corrected chi connectivity index (χ3v) is 3.79. The summed E-state index contributed by atoms with van der Waals surface area (Å²) in [5, 5.41) is 0. The van der Waals surface area contributed by atoms with Crippen LogP contribution >= 0.6 is 0 Å². The summed E-state index contributed by atoms with van der Waals surface area (Å²) in [6.07, 6.45) is -2.71. The van der Waals surface area contributed by atoms with Gasteiger partial charge in [0.25, 0.3) is 0 Å². The Kier molecular flexibility index (Phi) is 2.96. The zero-order valence-electron chi connectivity index (χ0n) is 9.30. The molecular formula is C12H14F3O2. The van der Waals surface area contributed by atoms with E-state index in [0.29, 0.717) is 18.3 Å². The first-order valence-corrected chi connectivity index (χ1v) is 5.59. The molecule has 2 aliphatic carbocycles. The lowest BCUT2D eigenvalue weighted by molar-refractivity contribution is -0.157. The van der Waals surface area contributed by atoms with Gasteiger partial charge < -0.3 is 4.74 Å². The average Bonchev–Trinajstić information content (AvgIpc) is 2.73. The molecular weight excluding hydrogens is 233 g/mol. The molecule has 2 nitrogen and oxygen atoms in total. The zero-order valence-corrected chi connectivity index (χ0v) is 9.30. The normalized spacial score (nSPS) is 36.0. The van der Waals surface area contributed by atoms with Crippen molar-refractivity contribution in [1.29, 1.82) is 0 Å². The smallest absolute Gasteiger partial charge is 0.422 e. The summed E-state index contributed by atoms with van der Waals surface area (Å²) in [7, 11) is 0. The molecule has 4 atom stereocenters. The maximum absolute atomic E-state index is 12.2. The molecule has 0 aromatic carbocycles. The minimum Gasteiger partial charge on any atom is -0.458 e. The van der Waals surface area contributed by atoms with Crippen molar-refractivity contribution in [3.8, 4) is 0 Å². The second-order valence-electron chi connectivity index (χ2n) is 4.91. The number of fused-ring (bicyclic) bond motifs is 2. The fourth-order valence-corrected chi connectivity index (χ4v) is 2.81. The van der Waals surface area contributed by atoms with Crippen LogP contribution < -0.4 is 0 Å². The quantitative estimate of drug-likeness (QED) is 0.554. The van der Waals surface area contributed by atoms with Crippen molar-refractivity contribution in [3.63, 3.8) is 0 Å². The summed E-state index contributed by atoms with van der Waals surface area (Å²) < 4.78 is 41.5. The Bertz CT molecular complexity index is 346. The van der Waals surface area contributed by atoms with Gasteiger partial charge in [-0.25, -0.2) is 4.79 Å². The van der Waals surface area contributed by atoms with E-state index in [2.05, 4.69) is 13.5 Å². The molecule has 0 N–H and O–H groups in total. The number of hydrogen-bond donors (Lipinski definition) is 0. The molecule has 2 aliphatic rings. The van der Waals surface area contributed by atoms with Crippen molar-refractivity contribution in [3.05, 3.63) is 19.1 Å². The van der Waals surface area contributed by atoms with Gasteiger partial charge in [-0.3, -0.25) is 0 Å². The maximum Gasteiger partial charge on any atom is 0.422 e. The van der Waals surface area contributed by atoms with Gasteiger partial charge in [0.15, 0.2) is 0 Å². The van der Waals surface area contributed by atoms with E-state index in [4.69, 9.17) is 4.74 Å². The van der Waals surface area contributed by atoms with Crippen LogP contribution in [0.5, 0.6) is 0 Å². The van der Waals surface area contributed by atoms with Crippen LogP contribution in [0.3, 0.4) is 0 Å². The van der Waals surface area contributed by atoms with Gasteiger partial charge in [-0.15, -0.1) is 0 Å². The van der Waals surface area contributed by atoms with Crippen molar-refractivity contribution >= 4 is 5.97 Å². The molecule has 0 heterocycles. The second-order valence-corrected chi connectivity index (χ2v) is 4.91. The maximum atomic E-state index is 12.2. The molecule has 0 spiro atoms. The molecule has 1 radical (unpaired) electrons. The Morgan fingerprint density at radius 2 is 1.82 bits per heavy atom. The van der Waals surface area contributed by atoms with Crippen LogP contribution in [0.25, 0.3) is 0 Å². The van der Waals surface area contributed by atoms with Crippen molar-refractivity contribution < 1.29 is 22.7 Å². The van der Waals surface area contributed by atoms with E-state index >= 15 is 0 Å². The largest absolute Gasteiger partial charge is 0.458 e. The molecule has 2 fully saturated rings. The highest BCUT2D eigenvalue weighted by atomic mass is 19.4. The Balaban J connectivity index is 1.91. The zero-order chi connectivity index (χ0) is 12.8. The van der Waals surface area contributed by atoms with Crippen LogP contribution in [-0.2, 0) is 9.53 Å². The molecule has 0 amide bonds. The number of carbonyl (C=O) groups is 1. The topological polar surface area (TPSA) is 26.3 Å². The van der Waals surface area contributed by atoms with E-state index in [9.17, 15) is 18.0 Å². The first kappa shape index (κ1) is 12.5. The van der Waals surface area contributed by atoms with Gasteiger partial charge in [0.05, 0.1) is 0 Å². The van der Waals surface area contributed by atoms with E-state index in [1.807, 2.05) is 0 Å². The van der Waals surface area contributed by atoms with Crippen LogP contribution in [0.1, 0.15) is 19.3 Å². The second kappa shape index (κ2) is 4.03. The number of halogens is 3. The SMILES string of the molecule is [CH2]C1CC2CC1CC2OC(=O)C(=C)C(F)(F)F. The molecule has 0 aromatic heterocycles. The summed E-state index contributed by atoms with van der Waals surface area (Å²) in [5.41, 5.74) is -1.42. The van der Waals surface area contributed by atoms with Crippen molar-refractivity contribution in [2.45, 2.75) is 31.5 Å². The summed E-state index contributed by atoms with van der Waals surface area (Å²) in [4.78, 5) is 11.2. The standard InChI is InChI=1S/C12H14F3O2/c1-6-3-9-4-8(6)5-10(9)17-11(16)7(2)12(13,14)15/h6,8-10H,1-5H2. The van der Waals surface area contributed by atoms with Crippen LogP contribution in [-0.4, -0.2) is 18.2 Å². The van der Waals surface area contributed by atoms with Crippen LogP contribution in [0.2, 0.25) is 0 Å². The highest BCUT2D eigenvalue weighted by Crippen LogP contribution is 2.49. The molecule has 0 aliphatic heterocycles. The Labute approximate surface area is 97.8 Å². The van der Waals surface area contributed by atoms with Crippen molar-refractivity contribution in [1.82, 2.24) is 0 Å². The van der Waals surface area contributed by atoms with E-state index in [-0.39, 0.29) is 12.0 Å². The molecule has 4 unspecified atom stereocenters. The summed E-state index contributed by atoms with van der Waals surface area (Å²) >= 11 is 0. The first-order valence-electron chi connectivity index (χ1n) is 5.59. The van der Waals surface area contributed by atoms with Gasteiger partial charge in [-0.2, -0.15) is 13.2 Å².